The van der Waals surface area contributed by atoms with Gasteiger partial charge in [-0.15, -0.1) is 0 Å². The molecule has 15 heavy (non-hydrogen) atoms. The van der Waals surface area contributed by atoms with E-state index < -0.39 is 0 Å². The highest BCUT2D eigenvalue weighted by Gasteiger charge is 2.09. The Balaban J connectivity index is 2.74. The van der Waals surface area contributed by atoms with Gasteiger partial charge in [0.2, 0.25) is 0 Å². The van der Waals surface area contributed by atoms with Crippen LogP contribution in [-0.2, 0) is 0 Å². The number of aromatic nitrogens is 1. The Morgan fingerprint density at radius 3 is 2.93 bits per heavy atom. The van der Waals surface area contributed by atoms with E-state index in [1.165, 1.54) is 0 Å². The second-order valence-electron chi connectivity index (χ2n) is 3.22. The summed E-state index contributed by atoms with van der Waals surface area (Å²) in [7, 11) is 1.58. The fourth-order valence-corrected chi connectivity index (χ4v) is 1.49. The zero-order valence-corrected chi connectivity index (χ0v) is 8.32. The Morgan fingerprint density at radius 1 is 1.40 bits per heavy atom. The quantitative estimate of drug-likeness (QED) is 0.681. The first kappa shape index (κ1) is 9.45. The summed E-state index contributed by atoms with van der Waals surface area (Å²) in [4.78, 5) is 15.6. The van der Waals surface area contributed by atoms with Crippen LogP contribution >= 0.6 is 0 Å². The topological polar surface area (TPSA) is 68.0 Å². The predicted molar refractivity (Wildman–Crippen MR) is 59.5 cm³/mol. The van der Waals surface area contributed by atoms with E-state index in [4.69, 9.17) is 5.73 Å². The SMILES string of the molecule is CNC(=O)c1nccc2ccc(N)cc12. The second-order valence-corrected chi connectivity index (χ2v) is 3.22. The van der Waals surface area contributed by atoms with Crippen molar-refractivity contribution in [2.75, 3.05) is 12.8 Å². The summed E-state index contributed by atoms with van der Waals surface area (Å²) in [5.41, 5.74) is 6.71. The van der Waals surface area contributed by atoms with Gasteiger partial charge in [-0.3, -0.25) is 9.78 Å². The maximum Gasteiger partial charge on any atom is 0.270 e. The van der Waals surface area contributed by atoms with Crippen molar-refractivity contribution in [3.8, 4) is 0 Å². The Bertz CT molecular complexity index is 522. The van der Waals surface area contributed by atoms with Gasteiger partial charge in [0, 0.05) is 24.3 Å². The molecule has 4 nitrogen and oxygen atoms in total. The molecule has 1 aromatic heterocycles. The average Bonchev–Trinajstić information content (AvgIpc) is 2.27. The normalized spacial score (nSPS) is 10.2. The third-order valence-electron chi connectivity index (χ3n) is 2.23. The molecule has 0 aliphatic carbocycles. The van der Waals surface area contributed by atoms with Crippen LogP contribution in [0.15, 0.2) is 30.5 Å². The predicted octanol–water partition coefficient (Wildman–Crippen LogP) is 1.18. The molecule has 3 N–H and O–H groups in total. The second kappa shape index (κ2) is 3.57. The highest BCUT2D eigenvalue weighted by molar-refractivity contribution is 6.05. The fraction of sp³-hybridized carbons (Fsp3) is 0.0909. The summed E-state index contributed by atoms with van der Waals surface area (Å²) >= 11 is 0. The van der Waals surface area contributed by atoms with Gasteiger partial charge < -0.3 is 11.1 Å². The van der Waals surface area contributed by atoms with Crippen molar-refractivity contribution >= 4 is 22.4 Å². The number of rotatable bonds is 1. The number of fused-ring (bicyclic) bond motifs is 1. The molecule has 0 atom stereocenters. The molecular formula is C11H11N3O. The monoisotopic (exact) mass is 201 g/mol. The van der Waals surface area contributed by atoms with Crippen molar-refractivity contribution in [3.63, 3.8) is 0 Å². The Kier molecular flexibility index (Phi) is 2.25. The van der Waals surface area contributed by atoms with E-state index >= 15 is 0 Å². The molecule has 0 spiro atoms. The van der Waals surface area contributed by atoms with Gasteiger partial charge >= 0.3 is 0 Å². The number of hydrogen-bond acceptors (Lipinski definition) is 3. The fourth-order valence-electron chi connectivity index (χ4n) is 1.49. The largest absolute Gasteiger partial charge is 0.399 e. The van der Waals surface area contributed by atoms with Crippen LogP contribution in [0.25, 0.3) is 10.8 Å². The molecule has 1 aromatic carbocycles. The summed E-state index contributed by atoms with van der Waals surface area (Å²) in [5, 5.41) is 4.28. The molecule has 1 amide bonds. The molecule has 0 bridgehead atoms. The number of nitrogens with one attached hydrogen (secondary N) is 1. The van der Waals surface area contributed by atoms with E-state index in [1.54, 1.807) is 25.4 Å². The molecule has 0 unspecified atom stereocenters. The molecule has 0 saturated heterocycles. The third kappa shape index (κ3) is 1.61. The number of carbonyl (C=O) groups excluding carboxylic acids is 1. The Labute approximate surface area is 87.1 Å². The molecule has 0 aliphatic heterocycles. The molecule has 4 heteroatoms. The van der Waals surface area contributed by atoms with Crippen molar-refractivity contribution in [1.82, 2.24) is 10.3 Å². The lowest BCUT2D eigenvalue weighted by atomic mass is 10.1. The van der Waals surface area contributed by atoms with Crippen LogP contribution in [0.5, 0.6) is 0 Å². The summed E-state index contributed by atoms with van der Waals surface area (Å²) in [5.74, 6) is -0.203. The van der Waals surface area contributed by atoms with E-state index in [-0.39, 0.29) is 5.91 Å². The number of nitrogens with zero attached hydrogens (tertiary/aromatic N) is 1. The van der Waals surface area contributed by atoms with Gasteiger partial charge in [-0.2, -0.15) is 0 Å². The van der Waals surface area contributed by atoms with Crippen LogP contribution in [0.4, 0.5) is 5.69 Å². The minimum absolute atomic E-state index is 0.203. The number of nitrogens with two attached hydrogens (primary N) is 1. The van der Waals surface area contributed by atoms with Crippen LogP contribution < -0.4 is 11.1 Å². The zero-order valence-electron chi connectivity index (χ0n) is 8.32. The van der Waals surface area contributed by atoms with E-state index in [9.17, 15) is 4.79 Å². The van der Waals surface area contributed by atoms with Gasteiger partial charge in [-0.25, -0.2) is 0 Å². The molecule has 2 rings (SSSR count). The number of pyridine rings is 1. The van der Waals surface area contributed by atoms with E-state index in [2.05, 4.69) is 10.3 Å². The molecule has 76 valence electrons. The number of nitrogen functional groups attached to an aromatic ring is 1. The number of anilines is 1. The lowest BCUT2D eigenvalue weighted by Crippen LogP contribution is -2.19. The van der Waals surface area contributed by atoms with Crippen molar-refractivity contribution < 1.29 is 4.79 Å². The van der Waals surface area contributed by atoms with Crippen LogP contribution in [0.3, 0.4) is 0 Å². The van der Waals surface area contributed by atoms with E-state index in [1.807, 2.05) is 12.1 Å². The molecule has 0 aliphatic rings. The summed E-state index contributed by atoms with van der Waals surface area (Å²) in [6.45, 7) is 0. The van der Waals surface area contributed by atoms with Gasteiger partial charge in [0.1, 0.15) is 5.69 Å². The lowest BCUT2D eigenvalue weighted by molar-refractivity contribution is 0.0960. The van der Waals surface area contributed by atoms with Gasteiger partial charge in [0.15, 0.2) is 0 Å². The first-order valence-electron chi connectivity index (χ1n) is 4.58. The van der Waals surface area contributed by atoms with Crippen LogP contribution in [0.1, 0.15) is 10.5 Å². The molecular weight excluding hydrogens is 190 g/mol. The standard InChI is InChI=1S/C11H11N3O/c1-13-11(15)10-9-6-8(12)3-2-7(9)4-5-14-10/h2-6H,12H2,1H3,(H,13,15). The molecule has 0 fully saturated rings. The van der Waals surface area contributed by atoms with Crippen LogP contribution in [0, 0.1) is 0 Å². The Hall–Kier alpha value is -2.10. The first-order chi connectivity index (χ1) is 7.22. The third-order valence-corrected chi connectivity index (χ3v) is 2.23. The number of carbonyl (C=O) groups is 1. The molecule has 2 aromatic rings. The number of hydrogen-bond donors (Lipinski definition) is 2. The molecule has 1 heterocycles. The smallest absolute Gasteiger partial charge is 0.270 e. The van der Waals surface area contributed by atoms with Crippen molar-refractivity contribution in [3.05, 3.63) is 36.2 Å². The number of amides is 1. The van der Waals surface area contributed by atoms with Crippen LogP contribution in [0.2, 0.25) is 0 Å². The van der Waals surface area contributed by atoms with Crippen molar-refractivity contribution in [2.45, 2.75) is 0 Å². The van der Waals surface area contributed by atoms with Gasteiger partial charge in [0.25, 0.3) is 5.91 Å². The zero-order chi connectivity index (χ0) is 10.8. The minimum atomic E-state index is -0.203. The van der Waals surface area contributed by atoms with Crippen molar-refractivity contribution in [2.24, 2.45) is 0 Å². The van der Waals surface area contributed by atoms with Gasteiger partial charge in [-0.05, 0) is 23.6 Å². The summed E-state index contributed by atoms with van der Waals surface area (Å²) in [6, 6.07) is 7.28. The Morgan fingerprint density at radius 2 is 2.20 bits per heavy atom. The minimum Gasteiger partial charge on any atom is -0.399 e. The maximum atomic E-state index is 11.5. The maximum absolute atomic E-state index is 11.5. The van der Waals surface area contributed by atoms with Gasteiger partial charge in [0.05, 0.1) is 0 Å². The molecule has 0 saturated carbocycles. The summed E-state index contributed by atoms with van der Waals surface area (Å²) in [6.07, 6.45) is 1.61. The highest BCUT2D eigenvalue weighted by atomic mass is 16.1. The summed E-state index contributed by atoms with van der Waals surface area (Å²) < 4.78 is 0. The average molecular weight is 201 g/mol. The van der Waals surface area contributed by atoms with Crippen LogP contribution in [-0.4, -0.2) is 17.9 Å². The first-order valence-corrected chi connectivity index (χ1v) is 4.58. The molecule has 0 radical (unpaired) electrons. The number of benzene rings is 1. The lowest BCUT2D eigenvalue weighted by Gasteiger charge is -2.04. The van der Waals surface area contributed by atoms with Gasteiger partial charge in [-0.1, -0.05) is 6.07 Å². The van der Waals surface area contributed by atoms with Crippen molar-refractivity contribution in [1.29, 1.82) is 0 Å². The highest BCUT2D eigenvalue weighted by Crippen LogP contribution is 2.19. The van der Waals surface area contributed by atoms with E-state index in [0.29, 0.717) is 11.4 Å². The van der Waals surface area contributed by atoms with E-state index in [0.717, 1.165) is 10.8 Å².